The first kappa shape index (κ1) is 15.8. The number of ether oxygens (including phenoxy) is 2. The fourth-order valence-corrected chi connectivity index (χ4v) is 2.83. The van der Waals surface area contributed by atoms with Gasteiger partial charge in [-0.15, -0.1) is 0 Å². The van der Waals surface area contributed by atoms with Crippen molar-refractivity contribution in [2.24, 2.45) is 5.73 Å². The van der Waals surface area contributed by atoms with Gasteiger partial charge in [-0.2, -0.15) is 0 Å². The number of amides is 2. The van der Waals surface area contributed by atoms with Crippen LogP contribution < -0.4 is 21.1 Å². The number of fused-ring (bicyclic) bond motifs is 1. The Morgan fingerprint density at radius 1 is 1.48 bits per heavy atom. The second kappa shape index (κ2) is 6.55. The topological polar surface area (TPSA) is 103 Å². The van der Waals surface area contributed by atoms with Crippen molar-refractivity contribution in [1.29, 1.82) is 0 Å². The Hall–Kier alpha value is -2.12. The number of nitrogens with one attached hydrogen (secondary N) is 2. The fourth-order valence-electron chi connectivity index (χ4n) is 2.83. The molecular weight excluding hydrogens is 298 g/mol. The van der Waals surface area contributed by atoms with E-state index in [4.69, 9.17) is 15.2 Å². The summed E-state index contributed by atoms with van der Waals surface area (Å²) >= 11 is 0. The van der Waals surface area contributed by atoms with E-state index in [9.17, 15) is 9.59 Å². The highest BCUT2D eigenvalue weighted by molar-refractivity contribution is 5.95. The number of nitrogens with two attached hydrogens (primary N) is 1. The summed E-state index contributed by atoms with van der Waals surface area (Å²) in [4.78, 5) is 23.6. The van der Waals surface area contributed by atoms with Crippen LogP contribution >= 0.6 is 0 Å². The summed E-state index contributed by atoms with van der Waals surface area (Å²) in [6.45, 7) is 2.35. The molecule has 3 rings (SSSR count). The molecule has 0 aromatic heterocycles. The molecule has 2 aliphatic rings. The molecule has 2 amide bonds. The van der Waals surface area contributed by atoms with E-state index in [0.29, 0.717) is 24.4 Å². The highest BCUT2D eigenvalue weighted by atomic mass is 16.5. The van der Waals surface area contributed by atoms with Crippen LogP contribution in [0.4, 0.5) is 5.69 Å². The van der Waals surface area contributed by atoms with Crippen molar-refractivity contribution in [3.63, 3.8) is 0 Å². The van der Waals surface area contributed by atoms with Crippen LogP contribution in [0, 0.1) is 0 Å². The molecule has 7 heteroatoms. The maximum Gasteiger partial charge on any atom is 0.262 e. The molecule has 0 aliphatic carbocycles. The molecule has 23 heavy (non-hydrogen) atoms. The van der Waals surface area contributed by atoms with Gasteiger partial charge in [-0.25, -0.2) is 0 Å². The fraction of sp³-hybridized carbons (Fsp3) is 0.500. The second-order valence-corrected chi connectivity index (χ2v) is 5.88. The van der Waals surface area contributed by atoms with Gasteiger partial charge in [0.25, 0.3) is 5.91 Å². The first-order valence-electron chi connectivity index (χ1n) is 7.79. The zero-order valence-corrected chi connectivity index (χ0v) is 13.0. The molecule has 3 atom stereocenters. The zero-order chi connectivity index (χ0) is 16.4. The molecule has 4 N–H and O–H groups in total. The quantitative estimate of drug-likeness (QED) is 0.758. The Bertz CT molecular complexity index is 619. The van der Waals surface area contributed by atoms with E-state index in [-0.39, 0.29) is 30.6 Å². The van der Waals surface area contributed by atoms with Crippen molar-refractivity contribution in [3.05, 3.63) is 23.8 Å². The third-order valence-electron chi connectivity index (χ3n) is 4.16. The van der Waals surface area contributed by atoms with E-state index >= 15 is 0 Å². The van der Waals surface area contributed by atoms with Crippen LogP contribution in [0.3, 0.4) is 0 Å². The minimum atomic E-state index is -0.438. The van der Waals surface area contributed by atoms with Gasteiger partial charge in [0.05, 0.1) is 17.8 Å². The van der Waals surface area contributed by atoms with Crippen LogP contribution in [0.5, 0.6) is 5.75 Å². The molecule has 2 heterocycles. The van der Waals surface area contributed by atoms with Crippen LogP contribution in [0.1, 0.15) is 31.4 Å². The zero-order valence-electron chi connectivity index (χ0n) is 13.0. The lowest BCUT2D eigenvalue weighted by atomic mass is 10.1. The number of carbonyl (C=O) groups excluding carboxylic acids is 2. The Kier molecular flexibility index (Phi) is 4.49. The molecule has 0 bridgehead atoms. The second-order valence-electron chi connectivity index (χ2n) is 5.88. The molecule has 1 aromatic rings. The molecule has 1 saturated heterocycles. The van der Waals surface area contributed by atoms with Crippen molar-refractivity contribution in [2.45, 2.75) is 38.0 Å². The highest BCUT2D eigenvalue weighted by Crippen LogP contribution is 2.30. The summed E-state index contributed by atoms with van der Waals surface area (Å²) < 4.78 is 10.9. The van der Waals surface area contributed by atoms with E-state index in [1.165, 1.54) is 0 Å². The van der Waals surface area contributed by atoms with E-state index in [2.05, 4.69) is 10.6 Å². The predicted molar refractivity (Wildman–Crippen MR) is 84.1 cm³/mol. The van der Waals surface area contributed by atoms with Gasteiger partial charge in [-0.1, -0.05) is 6.07 Å². The minimum absolute atomic E-state index is 0.0277. The number of carbonyl (C=O) groups is 2. The van der Waals surface area contributed by atoms with Crippen LogP contribution in [-0.4, -0.2) is 37.2 Å². The summed E-state index contributed by atoms with van der Waals surface area (Å²) in [6.07, 6.45) is 1.03. The Morgan fingerprint density at radius 3 is 3.04 bits per heavy atom. The molecule has 0 spiro atoms. The van der Waals surface area contributed by atoms with E-state index in [1.54, 1.807) is 6.07 Å². The van der Waals surface area contributed by atoms with E-state index < -0.39 is 6.10 Å². The van der Waals surface area contributed by atoms with Gasteiger partial charge >= 0.3 is 0 Å². The van der Waals surface area contributed by atoms with E-state index in [0.717, 1.165) is 12.0 Å². The van der Waals surface area contributed by atoms with Gasteiger partial charge < -0.3 is 25.8 Å². The SMILES string of the molecule is CC(NC(=O)[C@@H]1CC[C@H](CN)O1)c1ccc2c(c1)NC(=O)CO2. The molecule has 7 nitrogen and oxygen atoms in total. The van der Waals surface area contributed by atoms with Crippen molar-refractivity contribution >= 4 is 17.5 Å². The molecular formula is C16H21N3O4. The Morgan fingerprint density at radius 2 is 2.30 bits per heavy atom. The molecule has 1 aromatic carbocycles. The molecule has 0 radical (unpaired) electrons. The van der Waals surface area contributed by atoms with E-state index in [1.807, 2.05) is 19.1 Å². The number of rotatable bonds is 4. The van der Waals surface area contributed by atoms with Gasteiger partial charge in [0.1, 0.15) is 11.9 Å². The van der Waals surface area contributed by atoms with Crippen molar-refractivity contribution in [3.8, 4) is 5.75 Å². The van der Waals surface area contributed by atoms with Gasteiger partial charge in [0.15, 0.2) is 6.61 Å². The van der Waals surface area contributed by atoms with Gasteiger partial charge in [0, 0.05) is 6.54 Å². The van der Waals surface area contributed by atoms with Crippen LogP contribution in [0.15, 0.2) is 18.2 Å². The largest absolute Gasteiger partial charge is 0.482 e. The van der Waals surface area contributed by atoms with Gasteiger partial charge in [-0.05, 0) is 37.5 Å². The number of benzene rings is 1. The maximum absolute atomic E-state index is 12.3. The molecule has 0 saturated carbocycles. The smallest absolute Gasteiger partial charge is 0.262 e. The third-order valence-corrected chi connectivity index (χ3v) is 4.16. The number of hydrogen-bond acceptors (Lipinski definition) is 5. The lowest BCUT2D eigenvalue weighted by Gasteiger charge is -2.22. The average molecular weight is 319 g/mol. The summed E-state index contributed by atoms with van der Waals surface area (Å²) in [5.74, 6) is 0.321. The monoisotopic (exact) mass is 319 g/mol. The number of anilines is 1. The summed E-state index contributed by atoms with van der Waals surface area (Å²) in [5, 5.41) is 5.70. The number of hydrogen-bond donors (Lipinski definition) is 3. The Labute approximate surface area is 134 Å². The molecule has 1 unspecified atom stereocenters. The van der Waals surface area contributed by atoms with Crippen LogP contribution in [0.25, 0.3) is 0 Å². The molecule has 2 aliphatic heterocycles. The maximum atomic E-state index is 12.3. The minimum Gasteiger partial charge on any atom is -0.482 e. The highest BCUT2D eigenvalue weighted by Gasteiger charge is 2.30. The average Bonchev–Trinajstić information content (AvgIpc) is 3.03. The first-order valence-corrected chi connectivity index (χ1v) is 7.79. The lowest BCUT2D eigenvalue weighted by molar-refractivity contribution is -0.132. The van der Waals surface area contributed by atoms with Gasteiger partial charge in [0.2, 0.25) is 5.91 Å². The van der Waals surface area contributed by atoms with Crippen molar-refractivity contribution in [2.75, 3.05) is 18.5 Å². The standard InChI is InChI=1S/C16H21N3O4/c1-9(18-16(21)14-5-3-11(7-17)23-14)10-2-4-13-12(6-10)19-15(20)8-22-13/h2,4,6,9,11,14H,3,5,7-8,17H2,1H3,(H,18,21)(H,19,20)/t9?,11-,14+/m1/s1. The van der Waals surface area contributed by atoms with Crippen molar-refractivity contribution < 1.29 is 19.1 Å². The van der Waals surface area contributed by atoms with Gasteiger partial charge in [-0.3, -0.25) is 9.59 Å². The molecule has 1 fully saturated rings. The predicted octanol–water partition coefficient (Wildman–Crippen LogP) is 0.701. The van der Waals surface area contributed by atoms with Crippen LogP contribution in [-0.2, 0) is 14.3 Å². The summed E-state index contributed by atoms with van der Waals surface area (Å²) in [5.41, 5.74) is 7.07. The first-order chi connectivity index (χ1) is 11.1. The van der Waals surface area contributed by atoms with Crippen molar-refractivity contribution in [1.82, 2.24) is 5.32 Å². The Balaban J connectivity index is 1.64. The summed E-state index contributed by atoms with van der Waals surface area (Å²) in [6, 6.07) is 5.28. The lowest BCUT2D eigenvalue weighted by Crippen LogP contribution is -2.37. The molecule has 124 valence electrons. The summed E-state index contributed by atoms with van der Waals surface area (Å²) in [7, 11) is 0. The van der Waals surface area contributed by atoms with Crippen LogP contribution in [0.2, 0.25) is 0 Å². The normalized spacial score (nSPS) is 24.3. The third kappa shape index (κ3) is 3.46.